The van der Waals surface area contributed by atoms with Crippen molar-refractivity contribution in [3.63, 3.8) is 0 Å². The van der Waals surface area contributed by atoms with E-state index in [1.165, 1.54) is 6.26 Å². The van der Waals surface area contributed by atoms with Gasteiger partial charge in [-0.1, -0.05) is 36.4 Å². The maximum Gasteiger partial charge on any atom is 0.325 e. The van der Waals surface area contributed by atoms with E-state index in [-0.39, 0.29) is 5.76 Å². The molecule has 180 valence electrons. The average molecular weight is 482 g/mol. The molecule has 0 aliphatic carbocycles. The van der Waals surface area contributed by atoms with Crippen molar-refractivity contribution < 1.29 is 23.6 Å². The number of carbonyl (C=O) groups is 4. The molecule has 0 radical (unpaired) electrons. The molecule has 1 saturated heterocycles. The Hall–Kier alpha value is -4.92. The van der Waals surface area contributed by atoms with E-state index in [4.69, 9.17) is 4.42 Å². The summed E-state index contributed by atoms with van der Waals surface area (Å²) in [5.74, 6) is -1.26. The third-order valence-corrected chi connectivity index (χ3v) is 6.07. The molecule has 5 amide bonds. The number of furan rings is 1. The van der Waals surface area contributed by atoms with Gasteiger partial charge in [0.25, 0.3) is 11.8 Å². The van der Waals surface area contributed by atoms with Crippen molar-refractivity contribution in [2.45, 2.75) is 12.5 Å². The molecule has 9 nitrogen and oxygen atoms in total. The van der Waals surface area contributed by atoms with Gasteiger partial charge in [0.2, 0.25) is 5.91 Å². The quantitative estimate of drug-likeness (QED) is 0.358. The number of carbonyl (C=O) groups excluding carboxylic acids is 4. The van der Waals surface area contributed by atoms with Crippen LogP contribution in [0.2, 0.25) is 0 Å². The minimum Gasteiger partial charge on any atom is -0.459 e. The summed E-state index contributed by atoms with van der Waals surface area (Å²) >= 11 is 0. The molecule has 5 rings (SSSR count). The second kappa shape index (κ2) is 9.03. The van der Waals surface area contributed by atoms with E-state index in [2.05, 4.69) is 16.0 Å². The molecule has 0 saturated carbocycles. The van der Waals surface area contributed by atoms with Crippen LogP contribution in [0.1, 0.15) is 23.0 Å². The third-order valence-electron chi connectivity index (χ3n) is 6.07. The molecule has 2 heterocycles. The van der Waals surface area contributed by atoms with Crippen LogP contribution in [0.25, 0.3) is 10.8 Å². The predicted molar refractivity (Wildman–Crippen MR) is 133 cm³/mol. The number of hydrogen-bond donors (Lipinski definition) is 3. The maximum absolute atomic E-state index is 13.2. The van der Waals surface area contributed by atoms with Gasteiger partial charge in [-0.3, -0.25) is 19.3 Å². The number of imide groups is 1. The van der Waals surface area contributed by atoms with Crippen molar-refractivity contribution in [3.8, 4) is 0 Å². The van der Waals surface area contributed by atoms with E-state index < -0.39 is 35.8 Å². The number of fused-ring (bicyclic) bond motifs is 1. The Kier molecular flexibility index (Phi) is 5.73. The van der Waals surface area contributed by atoms with Crippen molar-refractivity contribution in [2.75, 3.05) is 17.2 Å². The first-order chi connectivity index (χ1) is 17.3. The summed E-state index contributed by atoms with van der Waals surface area (Å²) in [6, 6.07) is 22.2. The number of hydrogen-bond acceptors (Lipinski definition) is 5. The lowest BCUT2D eigenvalue weighted by Gasteiger charge is -2.22. The number of nitrogens with zero attached hydrogens (tertiary/aromatic N) is 1. The van der Waals surface area contributed by atoms with E-state index in [0.717, 1.165) is 15.7 Å². The standard InChI is InChI=1S/C27H22N4O5/c1-27(19-9-8-17-5-2-3-6-18(17)15-19)25(34)31(26(35)30-27)16-23(32)28-20-10-12-21(13-11-20)29-24(33)22-7-4-14-36-22/h2-15H,16H2,1H3,(H,28,32)(H,29,33)(H,30,35). The van der Waals surface area contributed by atoms with E-state index in [1.807, 2.05) is 36.4 Å². The van der Waals surface area contributed by atoms with Crippen LogP contribution in [0.4, 0.5) is 16.2 Å². The maximum atomic E-state index is 13.2. The van der Waals surface area contributed by atoms with Crippen molar-refractivity contribution in [3.05, 3.63) is 96.4 Å². The Morgan fingerprint density at radius 1 is 0.889 bits per heavy atom. The van der Waals surface area contributed by atoms with Crippen molar-refractivity contribution >= 4 is 45.9 Å². The second-order valence-electron chi connectivity index (χ2n) is 8.57. The molecule has 1 aliphatic heterocycles. The molecular formula is C27H22N4O5. The van der Waals surface area contributed by atoms with E-state index >= 15 is 0 Å². The first-order valence-corrected chi connectivity index (χ1v) is 11.2. The predicted octanol–water partition coefficient (Wildman–Crippen LogP) is 4.09. The number of amides is 5. The summed E-state index contributed by atoms with van der Waals surface area (Å²) in [5, 5.41) is 10.0. The van der Waals surface area contributed by atoms with Gasteiger partial charge in [0.1, 0.15) is 12.1 Å². The van der Waals surface area contributed by atoms with Gasteiger partial charge >= 0.3 is 6.03 Å². The first kappa shape index (κ1) is 22.9. The minimum atomic E-state index is -1.28. The Bertz CT molecular complexity index is 1480. The first-order valence-electron chi connectivity index (χ1n) is 11.2. The zero-order valence-electron chi connectivity index (χ0n) is 19.3. The van der Waals surface area contributed by atoms with Crippen LogP contribution in [0, 0.1) is 0 Å². The van der Waals surface area contributed by atoms with Crippen LogP contribution in [-0.2, 0) is 15.1 Å². The zero-order valence-corrected chi connectivity index (χ0v) is 19.3. The lowest BCUT2D eigenvalue weighted by Crippen LogP contribution is -2.42. The molecule has 1 unspecified atom stereocenters. The fourth-order valence-electron chi connectivity index (χ4n) is 4.12. The third kappa shape index (κ3) is 4.29. The SMILES string of the molecule is CC1(c2ccc3ccccc3c2)NC(=O)N(CC(=O)Nc2ccc(NC(=O)c3ccco3)cc2)C1=O. The molecule has 0 bridgehead atoms. The van der Waals surface area contributed by atoms with Crippen LogP contribution in [0.3, 0.4) is 0 Å². The van der Waals surface area contributed by atoms with Crippen LogP contribution in [0.5, 0.6) is 0 Å². The largest absolute Gasteiger partial charge is 0.459 e. The van der Waals surface area contributed by atoms with Crippen LogP contribution >= 0.6 is 0 Å². The molecule has 9 heteroatoms. The Morgan fingerprint density at radius 3 is 2.28 bits per heavy atom. The van der Waals surface area contributed by atoms with Crippen molar-refractivity contribution in [2.24, 2.45) is 0 Å². The molecule has 1 fully saturated rings. The molecule has 4 aromatic rings. The second-order valence-corrected chi connectivity index (χ2v) is 8.57. The van der Waals surface area contributed by atoms with E-state index in [1.54, 1.807) is 49.4 Å². The molecular weight excluding hydrogens is 460 g/mol. The number of benzene rings is 3. The highest BCUT2D eigenvalue weighted by Crippen LogP contribution is 2.31. The van der Waals surface area contributed by atoms with Crippen LogP contribution < -0.4 is 16.0 Å². The lowest BCUT2D eigenvalue weighted by atomic mass is 9.90. The summed E-state index contributed by atoms with van der Waals surface area (Å²) < 4.78 is 5.05. The normalized spacial score (nSPS) is 17.2. The Morgan fingerprint density at radius 2 is 1.58 bits per heavy atom. The van der Waals surface area contributed by atoms with Gasteiger partial charge in [-0.25, -0.2) is 4.79 Å². The number of urea groups is 1. The molecule has 36 heavy (non-hydrogen) atoms. The highest BCUT2D eigenvalue weighted by atomic mass is 16.3. The van der Waals surface area contributed by atoms with E-state index in [0.29, 0.717) is 16.9 Å². The summed E-state index contributed by atoms with van der Waals surface area (Å²) in [7, 11) is 0. The summed E-state index contributed by atoms with van der Waals surface area (Å²) in [5.41, 5.74) is 0.305. The molecule has 1 aromatic heterocycles. The Balaban J connectivity index is 1.23. The summed E-state index contributed by atoms with van der Waals surface area (Å²) in [6.45, 7) is 1.19. The topological polar surface area (TPSA) is 121 Å². The molecule has 3 aromatic carbocycles. The number of anilines is 2. The van der Waals surface area contributed by atoms with Gasteiger partial charge in [0.15, 0.2) is 5.76 Å². The highest BCUT2D eigenvalue weighted by molar-refractivity contribution is 6.10. The Labute approximate surface area is 206 Å². The molecule has 1 atom stereocenters. The van der Waals surface area contributed by atoms with Gasteiger partial charge in [0.05, 0.1) is 6.26 Å². The fourth-order valence-corrected chi connectivity index (χ4v) is 4.12. The van der Waals surface area contributed by atoms with Gasteiger partial charge < -0.3 is 20.4 Å². The highest BCUT2D eigenvalue weighted by Gasteiger charge is 2.49. The van der Waals surface area contributed by atoms with Crippen LogP contribution in [-0.4, -0.2) is 35.2 Å². The van der Waals surface area contributed by atoms with Crippen molar-refractivity contribution in [1.29, 1.82) is 0 Å². The monoisotopic (exact) mass is 482 g/mol. The smallest absolute Gasteiger partial charge is 0.325 e. The van der Waals surface area contributed by atoms with Crippen molar-refractivity contribution in [1.82, 2.24) is 10.2 Å². The van der Waals surface area contributed by atoms with Gasteiger partial charge in [-0.05, 0) is 65.7 Å². The van der Waals surface area contributed by atoms with Gasteiger partial charge in [0, 0.05) is 11.4 Å². The average Bonchev–Trinajstić information content (AvgIpc) is 3.49. The number of nitrogens with one attached hydrogen (secondary N) is 3. The zero-order chi connectivity index (χ0) is 25.3. The van der Waals surface area contributed by atoms with Crippen LogP contribution in [0.15, 0.2) is 89.5 Å². The van der Waals surface area contributed by atoms with E-state index in [9.17, 15) is 19.2 Å². The lowest BCUT2D eigenvalue weighted by molar-refractivity contribution is -0.133. The fraction of sp³-hybridized carbons (Fsp3) is 0.111. The summed E-state index contributed by atoms with van der Waals surface area (Å²) in [6.07, 6.45) is 1.41. The molecule has 0 spiro atoms. The molecule has 1 aliphatic rings. The van der Waals surface area contributed by atoms with Gasteiger partial charge in [-0.2, -0.15) is 0 Å². The number of rotatable bonds is 6. The minimum absolute atomic E-state index is 0.177. The molecule has 3 N–H and O–H groups in total. The summed E-state index contributed by atoms with van der Waals surface area (Å²) in [4.78, 5) is 51.5. The van der Waals surface area contributed by atoms with Gasteiger partial charge in [-0.15, -0.1) is 0 Å².